The standard InChI is InChI=1S/C17H19F3N2O5S2/c1-3-22(4-2)29(25,26)16-9-5-13(6-10-16)21-28(23,24)15-11-7-14(8-12-15)27-17(18,19)20/h5-12,21H,3-4H2,1-2H3. The number of halogens is 3. The summed E-state index contributed by atoms with van der Waals surface area (Å²) in [6, 6.07) is 8.79. The fourth-order valence-electron chi connectivity index (χ4n) is 2.44. The van der Waals surface area contributed by atoms with Crippen LogP contribution in [-0.2, 0) is 20.0 Å². The van der Waals surface area contributed by atoms with Crippen molar-refractivity contribution in [3.63, 3.8) is 0 Å². The van der Waals surface area contributed by atoms with Crippen molar-refractivity contribution in [1.29, 1.82) is 0 Å². The monoisotopic (exact) mass is 452 g/mol. The van der Waals surface area contributed by atoms with E-state index in [2.05, 4.69) is 9.46 Å². The van der Waals surface area contributed by atoms with Crippen LogP contribution >= 0.6 is 0 Å². The third-order valence-electron chi connectivity index (χ3n) is 3.82. The van der Waals surface area contributed by atoms with Crippen LogP contribution in [0.4, 0.5) is 18.9 Å². The molecule has 0 saturated carbocycles. The number of benzene rings is 2. The predicted octanol–water partition coefficient (Wildman–Crippen LogP) is 3.42. The first kappa shape index (κ1) is 23.0. The Morgan fingerprint density at radius 3 is 1.79 bits per heavy atom. The lowest BCUT2D eigenvalue weighted by atomic mass is 10.3. The molecule has 2 aromatic rings. The van der Waals surface area contributed by atoms with Gasteiger partial charge in [0, 0.05) is 18.8 Å². The van der Waals surface area contributed by atoms with E-state index in [4.69, 9.17) is 0 Å². The van der Waals surface area contributed by atoms with E-state index in [9.17, 15) is 30.0 Å². The summed E-state index contributed by atoms with van der Waals surface area (Å²) >= 11 is 0. The molecule has 0 bridgehead atoms. The molecule has 0 amide bonds. The molecule has 160 valence electrons. The summed E-state index contributed by atoms with van der Waals surface area (Å²) in [4.78, 5) is -0.273. The Hall–Kier alpha value is -2.31. The zero-order valence-electron chi connectivity index (χ0n) is 15.5. The largest absolute Gasteiger partial charge is 0.573 e. The maximum atomic E-state index is 12.4. The van der Waals surface area contributed by atoms with Gasteiger partial charge in [0.1, 0.15) is 5.75 Å². The summed E-state index contributed by atoms with van der Waals surface area (Å²) in [5.74, 6) is -0.553. The summed E-state index contributed by atoms with van der Waals surface area (Å²) in [6.45, 7) is 3.99. The molecule has 0 aliphatic rings. The van der Waals surface area contributed by atoms with E-state index >= 15 is 0 Å². The molecular weight excluding hydrogens is 433 g/mol. The second-order valence-electron chi connectivity index (χ2n) is 5.74. The molecule has 0 aliphatic heterocycles. The summed E-state index contributed by atoms with van der Waals surface area (Å²) in [5.41, 5.74) is 0.0964. The van der Waals surface area contributed by atoms with Crippen LogP contribution in [0.1, 0.15) is 13.8 Å². The molecule has 2 rings (SSSR count). The van der Waals surface area contributed by atoms with Gasteiger partial charge in [-0.1, -0.05) is 13.8 Å². The first-order chi connectivity index (χ1) is 13.4. The number of rotatable bonds is 8. The summed E-state index contributed by atoms with van der Waals surface area (Å²) in [5, 5.41) is 0. The van der Waals surface area contributed by atoms with E-state index in [0.717, 1.165) is 24.3 Å². The van der Waals surface area contributed by atoms with Crippen molar-refractivity contribution < 1.29 is 34.7 Å². The zero-order chi connectivity index (χ0) is 21.9. The first-order valence-electron chi connectivity index (χ1n) is 8.38. The topological polar surface area (TPSA) is 92.8 Å². The average Bonchev–Trinajstić information content (AvgIpc) is 2.61. The number of hydrogen-bond acceptors (Lipinski definition) is 5. The molecule has 0 fully saturated rings. The normalized spacial score (nSPS) is 12.8. The average molecular weight is 452 g/mol. The van der Waals surface area contributed by atoms with E-state index < -0.39 is 32.2 Å². The van der Waals surface area contributed by atoms with E-state index in [1.54, 1.807) is 13.8 Å². The highest BCUT2D eigenvalue weighted by Crippen LogP contribution is 2.25. The molecule has 0 radical (unpaired) electrons. The van der Waals surface area contributed by atoms with Crippen molar-refractivity contribution in [1.82, 2.24) is 4.31 Å². The number of sulfonamides is 2. The number of anilines is 1. The Morgan fingerprint density at radius 1 is 0.862 bits per heavy atom. The van der Waals surface area contributed by atoms with Gasteiger partial charge >= 0.3 is 6.36 Å². The Bertz CT molecular complexity index is 1030. The molecule has 1 N–H and O–H groups in total. The zero-order valence-corrected chi connectivity index (χ0v) is 17.1. The van der Waals surface area contributed by atoms with Crippen molar-refractivity contribution in [2.75, 3.05) is 17.8 Å². The first-order valence-corrected chi connectivity index (χ1v) is 11.3. The Balaban J connectivity index is 2.19. The highest BCUT2D eigenvalue weighted by Gasteiger charge is 2.31. The van der Waals surface area contributed by atoms with Crippen molar-refractivity contribution in [2.24, 2.45) is 0 Å². The van der Waals surface area contributed by atoms with Gasteiger partial charge in [0.15, 0.2) is 0 Å². The van der Waals surface area contributed by atoms with Crippen LogP contribution in [0.5, 0.6) is 5.75 Å². The minimum Gasteiger partial charge on any atom is -0.406 e. The van der Waals surface area contributed by atoms with Gasteiger partial charge in [-0.2, -0.15) is 4.31 Å². The lowest BCUT2D eigenvalue weighted by molar-refractivity contribution is -0.274. The van der Waals surface area contributed by atoms with Gasteiger partial charge in [0.05, 0.1) is 9.79 Å². The van der Waals surface area contributed by atoms with Gasteiger partial charge < -0.3 is 4.74 Å². The number of ether oxygens (including phenoxy) is 1. The smallest absolute Gasteiger partial charge is 0.406 e. The van der Waals surface area contributed by atoms with Crippen LogP contribution in [0.2, 0.25) is 0 Å². The number of nitrogens with one attached hydrogen (secondary N) is 1. The van der Waals surface area contributed by atoms with Gasteiger partial charge in [-0.05, 0) is 48.5 Å². The van der Waals surface area contributed by atoms with Crippen molar-refractivity contribution >= 4 is 25.7 Å². The molecular formula is C17H19F3N2O5S2. The number of alkyl halides is 3. The molecule has 0 heterocycles. The molecule has 2 aromatic carbocycles. The van der Waals surface area contributed by atoms with Crippen molar-refractivity contribution in [3.8, 4) is 5.75 Å². The van der Waals surface area contributed by atoms with Gasteiger partial charge in [-0.15, -0.1) is 13.2 Å². The Labute approximate surface area is 167 Å². The SMILES string of the molecule is CCN(CC)S(=O)(=O)c1ccc(NS(=O)(=O)c2ccc(OC(F)(F)F)cc2)cc1. The lowest BCUT2D eigenvalue weighted by Gasteiger charge is -2.18. The van der Waals surface area contributed by atoms with Gasteiger partial charge in [-0.3, -0.25) is 4.72 Å². The van der Waals surface area contributed by atoms with Gasteiger partial charge in [-0.25, -0.2) is 16.8 Å². The van der Waals surface area contributed by atoms with Crippen LogP contribution in [0.25, 0.3) is 0 Å². The number of nitrogens with zero attached hydrogens (tertiary/aromatic N) is 1. The minimum atomic E-state index is -4.88. The third kappa shape index (κ3) is 5.84. The van der Waals surface area contributed by atoms with E-state index in [0.29, 0.717) is 13.1 Å². The van der Waals surface area contributed by atoms with E-state index in [1.165, 1.54) is 28.6 Å². The summed E-state index contributed by atoms with van der Waals surface area (Å²) in [6.07, 6.45) is -4.88. The third-order valence-corrected chi connectivity index (χ3v) is 7.28. The molecule has 0 aliphatic carbocycles. The summed E-state index contributed by atoms with van der Waals surface area (Å²) < 4.78 is 93.4. The van der Waals surface area contributed by atoms with Crippen LogP contribution in [0.3, 0.4) is 0 Å². The highest BCUT2D eigenvalue weighted by atomic mass is 32.2. The molecule has 0 atom stereocenters. The maximum absolute atomic E-state index is 12.4. The Morgan fingerprint density at radius 2 is 1.34 bits per heavy atom. The summed E-state index contributed by atoms with van der Waals surface area (Å²) in [7, 11) is -7.78. The van der Waals surface area contributed by atoms with E-state index in [-0.39, 0.29) is 15.5 Å². The molecule has 7 nitrogen and oxygen atoms in total. The van der Waals surface area contributed by atoms with Crippen LogP contribution in [-0.4, -0.2) is 40.6 Å². The second kappa shape index (κ2) is 8.59. The highest BCUT2D eigenvalue weighted by molar-refractivity contribution is 7.92. The van der Waals surface area contributed by atoms with Gasteiger partial charge in [0.25, 0.3) is 10.0 Å². The quantitative estimate of drug-likeness (QED) is 0.663. The van der Waals surface area contributed by atoms with Crippen molar-refractivity contribution in [2.45, 2.75) is 30.0 Å². The number of hydrogen-bond donors (Lipinski definition) is 1. The molecule has 12 heteroatoms. The predicted molar refractivity (Wildman–Crippen MR) is 100 cm³/mol. The van der Waals surface area contributed by atoms with Crippen LogP contribution in [0.15, 0.2) is 58.3 Å². The second-order valence-corrected chi connectivity index (χ2v) is 9.36. The Kier molecular flexibility index (Phi) is 6.81. The minimum absolute atomic E-state index is 0.0119. The fourth-order valence-corrected chi connectivity index (χ4v) is 4.96. The fraction of sp³-hybridized carbons (Fsp3) is 0.294. The molecule has 0 saturated heterocycles. The lowest BCUT2D eigenvalue weighted by Crippen LogP contribution is -2.30. The maximum Gasteiger partial charge on any atom is 0.573 e. The molecule has 29 heavy (non-hydrogen) atoms. The molecule has 0 aromatic heterocycles. The van der Waals surface area contributed by atoms with Crippen LogP contribution < -0.4 is 9.46 Å². The van der Waals surface area contributed by atoms with Crippen molar-refractivity contribution in [3.05, 3.63) is 48.5 Å². The van der Waals surface area contributed by atoms with E-state index in [1.807, 2.05) is 0 Å². The molecule has 0 unspecified atom stereocenters. The van der Waals surface area contributed by atoms with Gasteiger partial charge in [0.2, 0.25) is 10.0 Å². The molecule has 0 spiro atoms. The van der Waals surface area contributed by atoms with Crippen LogP contribution in [0, 0.1) is 0 Å².